The van der Waals surface area contributed by atoms with E-state index in [2.05, 4.69) is 19.9 Å². The molecule has 0 aliphatic heterocycles. The lowest BCUT2D eigenvalue weighted by atomic mass is 9.45. The van der Waals surface area contributed by atoms with Crippen LogP contribution in [0.15, 0.2) is 11.6 Å². The molecule has 4 rings (SSSR count). The van der Waals surface area contributed by atoms with Gasteiger partial charge in [0.1, 0.15) is 5.78 Å². The summed E-state index contributed by atoms with van der Waals surface area (Å²) in [5, 5.41) is 32.5. The summed E-state index contributed by atoms with van der Waals surface area (Å²) in [6, 6.07) is 0. The minimum Gasteiger partial charge on any atom is -0.393 e. The highest BCUT2D eigenvalue weighted by Crippen LogP contribution is 2.68. The molecule has 4 aliphatic rings. The maximum atomic E-state index is 12.2. The molecule has 4 aliphatic carbocycles. The molecule has 0 saturated heterocycles. The number of rotatable bonds is 1. The molecule has 0 radical (unpaired) electrons. The van der Waals surface area contributed by atoms with Crippen LogP contribution in [-0.2, 0) is 4.79 Å². The molecular weight excluding hydrogens is 316 g/mol. The Bertz CT molecular complexity index is 623. The molecular formula is C21H32O4. The molecule has 7 atom stereocenters. The summed E-state index contributed by atoms with van der Waals surface area (Å²) >= 11 is 0. The van der Waals surface area contributed by atoms with Gasteiger partial charge in [0.05, 0.1) is 6.10 Å². The average Bonchev–Trinajstić information content (AvgIpc) is 2.83. The number of hydrogen-bond acceptors (Lipinski definition) is 4. The zero-order valence-corrected chi connectivity index (χ0v) is 15.7. The summed E-state index contributed by atoms with van der Waals surface area (Å²) in [5.74, 6) is -1.22. The zero-order chi connectivity index (χ0) is 18.2. The van der Waals surface area contributed by atoms with Gasteiger partial charge in [-0.2, -0.15) is 0 Å². The summed E-state index contributed by atoms with van der Waals surface area (Å²) in [4.78, 5) is 12.2. The Morgan fingerprint density at radius 2 is 1.92 bits per heavy atom. The Morgan fingerprint density at radius 3 is 2.60 bits per heavy atom. The van der Waals surface area contributed by atoms with Crippen LogP contribution in [0, 0.1) is 34.5 Å². The van der Waals surface area contributed by atoms with Gasteiger partial charge in [0.15, 0.2) is 5.79 Å². The van der Waals surface area contributed by atoms with Gasteiger partial charge in [-0.25, -0.2) is 0 Å². The zero-order valence-electron chi connectivity index (χ0n) is 15.7. The number of fused-ring (bicyclic) bond motifs is 5. The van der Waals surface area contributed by atoms with Gasteiger partial charge in [0.2, 0.25) is 0 Å². The van der Waals surface area contributed by atoms with Gasteiger partial charge in [-0.3, -0.25) is 4.79 Å². The molecule has 0 spiro atoms. The second-order valence-electron chi connectivity index (χ2n) is 9.83. The summed E-state index contributed by atoms with van der Waals surface area (Å²) in [6.45, 7) is 5.94. The van der Waals surface area contributed by atoms with Gasteiger partial charge in [-0.1, -0.05) is 25.5 Å². The van der Waals surface area contributed by atoms with E-state index in [9.17, 15) is 20.1 Å². The molecule has 0 bridgehead atoms. The van der Waals surface area contributed by atoms with Crippen LogP contribution >= 0.6 is 0 Å². The Balaban J connectivity index is 1.77. The molecule has 0 heterocycles. The summed E-state index contributed by atoms with van der Waals surface area (Å²) in [7, 11) is 0. The monoisotopic (exact) mass is 348 g/mol. The molecule has 25 heavy (non-hydrogen) atoms. The first-order valence-corrected chi connectivity index (χ1v) is 9.92. The number of allylic oxidation sites excluding steroid dienone is 1. The summed E-state index contributed by atoms with van der Waals surface area (Å²) < 4.78 is 0. The number of hydrogen-bond donors (Lipinski definition) is 3. The van der Waals surface area contributed by atoms with E-state index in [4.69, 9.17) is 0 Å². The summed E-state index contributed by atoms with van der Waals surface area (Å²) in [5.41, 5.74) is 0.651. The van der Waals surface area contributed by atoms with Gasteiger partial charge in [0, 0.05) is 18.3 Å². The Labute approximate surface area is 150 Å². The standard InChI is InChI=1S/C21H32O4/c1-12(22)16-6-7-17-15-5-4-13-10-14(23)8-9-19(13,2)18(15)21(24,25)11-20(16,17)3/h4,14-18,23-25H,5-11H2,1-3H3/t14?,15?,16?,17?,18?,19?,20-/m1/s1. The molecule has 3 saturated carbocycles. The van der Waals surface area contributed by atoms with Crippen LogP contribution in [0.25, 0.3) is 0 Å². The number of aliphatic hydroxyl groups is 3. The predicted molar refractivity (Wildman–Crippen MR) is 94.4 cm³/mol. The van der Waals surface area contributed by atoms with Gasteiger partial charge in [-0.15, -0.1) is 0 Å². The summed E-state index contributed by atoms with van der Waals surface area (Å²) in [6.07, 6.45) is 7.19. The highest BCUT2D eigenvalue weighted by molar-refractivity contribution is 5.79. The highest BCUT2D eigenvalue weighted by Gasteiger charge is 2.66. The second kappa shape index (κ2) is 5.40. The molecule has 4 heteroatoms. The first-order valence-electron chi connectivity index (χ1n) is 9.92. The van der Waals surface area contributed by atoms with Crippen molar-refractivity contribution >= 4 is 5.78 Å². The van der Waals surface area contributed by atoms with Crippen molar-refractivity contribution in [3.05, 3.63) is 11.6 Å². The van der Waals surface area contributed by atoms with E-state index in [1.165, 1.54) is 5.57 Å². The van der Waals surface area contributed by atoms with Crippen LogP contribution in [-0.4, -0.2) is 33.0 Å². The van der Waals surface area contributed by atoms with Gasteiger partial charge >= 0.3 is 0 Å². The smallest absolute Gasteiger partial charge is 0.167 e. The van der Waals surface area contributed by atoms with Crippen LogP contribution < -0.4 is 0 Å². The van der Waals surface area contributed by atoms with Gasteiger partial charge in [0.25, 0.3) is 0 Å². The maximum Gasteiger partial charge on any atom is 0.167 e. The van der Waals surface area contributed by atoms with Crippen molar-refractivity contribution in [3.63, 3.8) is 0 Å². The van der Waals surface area contributed by atoms with Crippen molar-refractivity contribution < 1.29 is 20.1 Å². The molecule has 3 fully saturated rings. The molecule has 6 unspecified atom stereocenters. The minimum absolute atomic E-state index is 0.0523. The highest BCUT2D eigenvalue weighted by atomic mass is 16.5. The molecule has 3 N–H and O–H groups in total. The van der Waals surface area contributed by atoms with Crippen molar-refractivity contribution in [2.24, 2.45) is 34.5 Å². The van der Waals surface area contributed by atoms with Crippen LogP contribution in [0.5, 0.6) is 0 Å². The van der Waals surface area contributed by atoms with E-state index in [-0.39, 0.29) is 40.5 Å². The van der Waals surface area contributed by atoms with Crippen molar-refractivity contribution in [3.8, 4) is 0 Å². The fourth-order valence-corrected chi connectivity index (χ4v) is 7.58. The third-order valence-electron chi connectivity index (χ3n) is 8.49. The normalized spacial score (nSPS) is 51.1. The lowest BCUT2D eigenvalue weighted by molar-refractivity contribution is -0.292. The number of ketones is 1. The largest absolute Gasteiger partial charge is 0.393 e. The molecule has 0 aromatic carbocycles. The first kappa shape index (κ1) is 17.7. The van der Waals surface area contributed by atoms with E-state index >= 15 is 0 Å². The van der Waals surface area contributed by atoms with Crippen molar-refractivity contribution in [1.29, 1.82) is 0 Å². The molecule has 0 amide bonds. The van der Waals surface area contributed by atoms with E-state index in [0.29, 0.717) is 18.8 Å². The third-order valence-corrected chi connectivity index (χ3v) is 8.49. The SMILES string of the molecule is CC(=O)C1CCC2C3CC=C4CC(O)CCC4(C)C3C(O)(O)C[C@]12C. The van der Waals surface area contributed by atoms with E-state index < -0.39 is 5.79 Å². The van der Waals surface area contributed by atoms with E-state index in [1.807, 2.05) is 0 Å². The fraction of sp³-hybridized carbons (Fsp3) is 0.857. The Morgan fingerprint density at radius 1 is 1.20 bits per heavy atom. The Hall–Kier alpha value is -0.710. The van der Waals surface area contributed by atoms with Crippen LogP contribution in [0.2, 0.25) is 0 Å². The van der Waals surface area contributed by atoms with E-state index in [1.54, 1.807) is 6.92 Å². The van der Waals surface area contributed by atoms with Gasteiger partial charge < -0.3 is 15.3 Å². The number of carbonyl (C=O) groups is 1. The lowest BCUT2D eigenvalue weighted by Crippen LogP contribution is -2.62. The predicted octanol–water partition coefficient (Wildman–Crippen LogP) is 2.81. The van der Waals surface area contributed by atoms with Crippen LogP contribution in [0.1, 0.15) is 65.7 Å². The van der Waals surface area contributed by atoms with Crippen LogP contribution in [0.3, 0.4) is 0 Å². The number of aliphatic hydroxyl groups excluding tert-OH is 1. The third kappa shape index (κ3) is 2.33. The number of carbonyl (C=O) groups excluding carboxylic acids is 1. The maximum absolute atomic E-state index is 12.2. The topological polar surface area (TPSA) is 77.8 Å². The van der Waals surface area contributed by atoms with Crippen molar-refractivity contribution in [2.45, 2.75) is 77.6 Å². The van der Waals surface area contributed by atoms with Crippen molar-refractivity contribution in [1.82, 2.24) is 0 Å². The van der Waals surface area contributed by atoms with Crippen molar-refractivity contribution in [2.75, 3.05) is 0 Å². The molecule has 140 valence electrons. The fourth-order valence-electron chi connectivity index (χ4n) is 7.58. The minimum atomic E-state index is -1.75. The Kier molecular flexibility index (Phi) is 3.82. The molecule has 0 aromatic rings. The first-order chi connectivity index (χ1) is 11.6. The number of Topliss-reactive ketones (excluding diaryl/α,β-unsaturated/α-hetero) is 1. The van der Waals surface area contributed by atoms with Gasteiger partial charge in [-0.05, 0) is 68.1 Å². The lowest BCUT2D eigenvalue weighted by Gasteiger charge is -2.61. The van der Waals surface area contributed by atoms with Crippen LogP contribution in [0.4, 0.5) is 0 Å². The molecule has 4 nitrogen and oxygen atoms in total. The quantitative estimate of drug-likeness (QED) is 0.503. The van der Waals surface area contributed by atoms with E-state index in [0.717, 1.165) is 32.1 Å². The molecule has 0 aromatic heterocycles. The second-order valence-corrected chi connectivity index (χ2v) is 9.83. The average molecular weight is 348 g/mol.